The molecule has 0 bridgehead atoms. The maximum Gasteiger partial charge on any atom is 0.254 e. The third kappa shape index (κ3) is 4.46. The van der Waals surface area contributed by atoms with Gasteiger partial charge in [-0.05, 0) is 49.1 Å². The van der Waals surface area contributed by atoms with Crippen LogP contribution in [0.2, 0.25) is 0 Å². The molecule has 3 heterocycles. The van der Waals surface area contributed by atoms with E-state index in [4.69, 9.17) is 4.42 Å². The van der Waals surface area contributed by atoms with Crippen molar-refractivity contribution >= 4 is 5.91 Å². The molecule has 3 aromatic rings. The van der Waals surface area contributed by atoms with E-state index >= 15 is 0 Å². The molecule has 0 radical (unpaired) electrons. The van der Waals surface area contributed by atoms with E-state index in [0.29, 0.717) is 18.5 Å². The molecule has 1 amide bonds. The second kappa shape index (κ2) is 8.83. The first-order valence-electron chi connectivity index (χ1n) is 10.5. The molecule has 0 spiro atoms. The molecule has 7 nitrogen and oxygen atoms in total. The van der Waals surface area contributed by atoms with Gasteiger partial charge in [0.2, 0.25) is 0 Å². The number of hydrogen-bond acceptors (Lipinski definition) is 5. The van der Waals surface area contributed by atoms with Crippen LogP contribution in [0.1, 0.15) is 44.3 Å². The summed E-state index contributed by atoms with van der Waals surface area (Å²) in [5.74, 6) is 1.83. The normalized spacial score (nSPS) is 14.4. The molecule has 0 atom stereocenters. The first-order valence-corrected chi connectivity index (χ1v) is 10.5. The summed E-state index contributed by atoms with van der Waals surface area (Å²) in [4.78, 5) is 14.5. The predicted molar refractivity (Wildman–Crippen MR) is 114 cm³/mol. The lowest BCUT2D eigenvalue weighted by molar-refractivity contribution is 0.0953. The Labute approximate surface area is 177 Å². The number of carbonyl (C=O) groups is 1. The van der Waals surface area contributed by atoms with Crippen molar-refractivity contribution in [1.82, 2.24) is 25.0 Å². The Morgan fingerprint density at radius 1 is 1.10 bits per heavy atom. The van der Waals surface area contributed by atoms with Crippen LogP contribution < -0.4 is 5.32 Å². The Hall–Kier alpha value is -2.93. The molecule has 0 saturated heterocycles. The third-order valence-corrected chi connectivity index (χ3v) is 5.96. The zero-order valence-electron chi connectivity index (χ0n) is 17.9. The summed E-state index contributed by atoms with van der Waals surface area (Å²) in [5.41, 5.74) is 5.99. The molecule has 158 valence electrons. The highest BCUT2D eigenvalue weighted by molar-refractivity contribution is 5.93. The van der Waals surface area contributed by atoms with E-state index in [9.17, 15) is 4.79 Å². The van der Waals surface area contributed by atoms with Crippen molar-refractivity contribution in [3.63, 3.8) is 0 Å². The van der Waals surface area contributed by atoms with Crippen molar-refractivity contribution in [1.29, 1.82) is 0 Å². The SMILES string of the molecule is Cc1cc(C)c(CN2CCc3nnc(CCNC(=O)c4ccoc4)n3CC2)cc1C. The summed E-state index contributed by atoms with van der Waals surface area (Å²) < 4.78 is 7.18. The quantitative estimate of drug-likeness (QED) is 0.680. The van der Waals surface area contributed by atoms with Crippen molar-refractivity contribution in [3.8, 4) is 0 Å². The number of fused-ring (bicyclic) bond motifs is 1. The summed E-state index contributed by atoms with van der Waals surface area (Å²) in [6, 6.07) is 6.27. The lowest BCUT2D eigenvalue weighted by Crippen LogP contribution is -2.28. The number of nitrogens with zero attached hydrogens (tertiary/aromatic N) is 4. The first kappa shape index (κ1) is 20.3. The van der Waals surface area contributed by atoms with Gasteiger partial charge < -0.3 is 14.3 Å². The van der Waals surface area contributed by atoms with E-state index in [-0.39, 0.29) is 5.91 Å². The molecule has 2 aromatic heterocycles. The summed E-state index contributed by atoms with van der Waals surface area (Å²) in [5, 5.41) is 11.7. The van der Waals surface area contributed by atoms with Crippen LogP contribution in [0.3, 0.4) is 0 Å². The number of hydrogen-bond donors (Lipinski definition) is 1. The van der Waals surface area contributed by atoms with E-state index in [1.165, 1.54) is 34.8 Å². The van der Waals surface area contributed by atoms with Gasteiger partial charge in [-0.15, -0.1) is 10.2 Å². The number of benzene rings is 1. The lowest BCUT2D eigenvalue weighted by atomic mass is 10.0. The van der Waals surface area contributed by atoms with Gasteiger partial charge in [-0.25, -0.2) is 0 Å². The smallest absolute Gasteiger partial charge is 0.254 e. The Morgan fingerprint density at radius 3 is 2.73 bits per heavy atom. The number of aromatic nitrogens is 3. The average molecular weight is 408 g/mol. The molecule has 1 N–H and O–H groups in total. The van der Waals surface area contributed by atoms with Crippen molar-refractivity contribution in [3.05, 3.63) is 70.2 Å². The fourth-order valence-corrected chi connectivity index (χ4v) is 3.98. The number of nitrogens with one attached hydrogen (secondary N) is 1. The Kier molecular flexibility index (Phi) is 5.99. The van der Waals surface area contributed by atoms with Crippen LogP contribution in [-0.2, 0) is 25.9 Å². The molecule has 0 fully saturated rings. The Balaban J connectivity index is 1.35. The van der Waals surface area contributed by atoms with E-state index < -0.39 is 0 Å². The Bertz CT molecular complexity index is 1020. The molecule has 0 unspecified atom stereocenters. The molecule has 7 heteroatoms. The molecule has 30 heavy (non-hydrogen) atoms. The van der Waals surface area contributed by atoms with Gasteiger partial charge in [0.25, 0.3) is 5.91 Å². The van der Waals surface area contributed by atoms with E-state index in [1.54, 1.807) is 6.07 Å². The summed E-state index contributed by atoms with van der Waals surface area (Å²) in [7, 11) is 0. The molecule has 1 aliphatic heterocycles. The fraction of sp³-hybridized carbons (Fsp3) is 0.435. The van der Waals surface area contributed by atoms with Crippen LogP contribution >= 0.6 is 0 Å². The molecule has 1 aliphatic rings. The molecular formula is C23H29N5O2. The van der Waals surface area contributed by atoms with Gasteiger partial charge in [0, 0.05) is 45.6 Å². The first-order chi connectivity index (χ1) is 14.5. The molecule has 1 aromatic carbocycles. The monoisotopic (exact) mass is 407 g/mol. The van der Waals surface area contributed by atoms with E-state index in [2.05, 4.69) is 57.9 Å². The zero-order valence-corrected chi connectivity index (χ0v) is 17.9. The predicted octanol–water partition coefficient (Wildman–Crippen LogP) is 2.83. The summed E-state index contributed by atoms with van der Waals surface area (Å²) in [6.07, 6.45) is 4.49. The zero-order chi connectivity index (χ0) is 21.1. The standard InChI is InChI=1S/C23H29N5O2/c1-16-12-18(3)20(13-17(16)2)14-27-8-5-22-26-25-21(28(22)10-9-27)4-7-24-23(29)19-6-11-30-15-19/h6,11-13,15H,4-5,7-10,14H2,1-3H3,(H,24,29). The second-order valence-corrected chi connectivity index (χ2v) is 8.09. The van der Waals surface area contributed by atoms with Crippen LogP contribution in [0.25, 0.3) is 0 Å². The summed E-state index contributed by atoms with van der Waals surface area (Å²) in [6.45, 7) is 10.8. The fourth-order valence-electron chi connectivity index (χ4n) is 3.98. The van der Waals surface area contributed by atoms with Crippen LogP contribution in [-0.4, -0.2) is 45.2 Å². The van der Waals surface area contributed by atoms with Gasteiger partial charge in [-0.3, -0.25) is 9.69 Å². The molecule has 0 aliphatic carbocycles. The highest BCUT2D eigenvalue weighted by atomic mass is 16.3. The largest absolute Gasteiger partial charge is 0.472 e. The average Bonchev–Trinajstić information content (AvgIpc) is 3.34. The minimum atomic E-state index is -0.130. The van der Waals surface area contributed by atoms with Gasteiger partial charge in [0.05, 0.1) is 11.8 Å². The number of aryl methyl sites for hydroxylation is 3. The second-order valence-electron chi connectivity index (χ2n) is 8.09. The molecular weight excluding hydrogens is 378 g/mol. The van der Waals surface area contributed by atoms with Crippen molar-refractivity contribution in [2.75, 3.05) is 19.6 Å². The van der Waals surface area contributed by atoms with Gasteiger partial charge in [-0.2, -0.15) is 0 Å². The van der Waals surface area contributed by atoms with Crippen LogP contribution in [0.4, 0.5) is 0 Å². The highest BCUT2D eigenvalue weighted by Crippen LogP contribution is 2.19. The molecule has 0 saturated carbocycles. The minimum Gasteiger partial charge on any atom is -0.472 e. The number of amides is 1. The van der Waals surface area contributed by atoms with Gasteiger partial charge in [-0.1, -0.05) is 12.1 Å². The minimum absolute atomic E-state index is 0.130. The van der Waals surface area contributed by atoms with Gasteiger partial charge in [0.1, 0.15) is 17.9 Å². The van der Waals surface area contributed by atoms with Crippen molar-refractivity contribution < 1.29 is 9.21 Å². The maximum absolute atomic E-state index is 12.0. The topological polar surface area (TPSA) is 76.2 Å². The lowest BCUT2D eigenvalue weighted by Gasteiger charge is -2.21. The molecule has 4 rings (SSSR count). The van der Waals surface area contributed by atoms with E-state index in [1.807, 2.05) is 0 Å². The van der Waals surface area contributed by atoms with Crippen LogP contribution in [0.15, 0.2) is 35.1 Å². The Morgan fingerprint density at radius 2 is 1.93 bits per heavy atom. The van der Waals surface area contributed by atoms with Crippen LogP contribution in [0.5, 0.6) is 0 Å². The van der Waals surface area contributed by atoms with Crippen molar-refractivity contribution in [2.24, 2.45) is 0 Å². The van der Waals surface area contributed by atoms with Crippen molar-refractivity contribution in [2.45, 2.75) is 46.7 Å². The third-order valence-electron chi connectivity index (χ3n) is 5.96. The summed E-state index contributed by atoms with van der Waals surface area (Å²) >= 11 is 0. The number of rotatable bonds is 6. The maximum atomic E-state index is 12.0. The van der Waals surface area contributed by atoms with Crippen LogP contribution in [0, 0.1) is 20.8 Å². The number of carbonyl (C=O) groups excluding carboxylic acids is 1. The van der Waals surface area contributed by atoms with Gasteiger partial charge >= 0.3 is 0 Å². The number of furan rings is 1. The van der Waals surface area contributed by atoms with E-state index in [0.717, 1.165) is 44.2 Å². The highest BCUT2D eigenvalue weighted by Gasteiger charge is 2.19. The van der Waals surface area contributed by atoms with Gasteiger partial charge in [0.15, 0.2) is 0 Å².